The molecule has 0 aliphatic rings. The van der Waals surface area contributed by atoms with Gasteiger partial charge in [0.05, 0.1) is 0 Å². The second-order valence-electron chi connectivity index (χ2n) is 4.25. The molecule has 0 bridgehead atoms. The minimum atomic E-state index is -4.01. The van der Waals surface area contributed by atoms with Gasteiger partial charge in [0.25, 0.3) is 0 Å². The van der Waals surface area contributed by atoms with Crippen LogP contribution in [0.4, 0.5) is 0 Å². The Kier molecular flexibility index (Phi) is 15.2. The first-order chi connectivity index (χ1) is 9.20. The van der Waals surface area contributed by atoms with Crippen molar-refractivity contribution in [1.82, 2.24) is 0 Å². The van der Waals surface area contributed by atoms with Crippen molar-refractivity contribution >= 4 is 21.6 Å². The maximum Gasteiger partial charge on any atom is 0.485 e. The molecule has 124 valence electrons. The smallest absolute Gasteiger partial charge is 0.485 e. The Hall–Kier alpha value is -0.940. The number of allylic oxidation sites excluding steroid dienone is 5. The fourth-order valence-electron chi connectivity index (χ4n) is 0.847. The molecule has 1 unspecified atom stereocenters. The number of hydrogen-bond acceptors (Lipinski definition) is 4. The molecule has 0 heterocycles. The maximum absolute atomic E-state index is 10.5. The van der Waals surface area contributed by atoms with E-state index in [1.807, 2.05) is 13.8 Å². The highest BCUT2D eigenvalue weighted by Gasteiger charge is 2.14. The monoisotopic (exact) mass is 342 g/mol. The average molecular weight is 342 g/mol. The van der Waals surface area contributed by atoms with Crippen LogP contribution in [0.15, 0.2) is 35.2 Å². The maximum atomic E-state index is 10.5. The molecule has 0 fully saturated rings. The molecule has 0 aromatic carbocycles. The van der Waals surface area contributed by atoms with E-state index in [9.17, 15) is 9.36 Å². The lowest BCUT2D eigenvalue weighted by atomic mass is 10.3. The third-order valence-corrected chi connectivity index (χ3v) is 2.45. The van der Waals surface area contributed by atoms with Gasteiger partial charge in [0.1, 0.15) is 0 Å². The topological polar surface area (TPSA) is 135 Å². The summed E-state index contributed by atoms with van der Waals surface area (Å²) in [5, 5.41) is 0.0556. The average Bonchev–Trinajstić information content (AvgIpc) is 2.11. The molecule has 0 aliphatic heterocycles. The molecule has 1 atom stereocenters. The molecule has 0 saturated carbocycles. The van der Waals surface area contributed by atoms with Crippen LogP contribution >= 0.6 is 15.9 Å². The highest BCUT2D eigenvalue weighted by molar-refractivity contribution is 7.56. The molecule has 0 saturated heterocycles. The molecular weight excluding hydrogens is 318 g/mol. The highest BCUT2D eigenvalue weighted by Crippen LogP contribution is 2.44. The third kappa shape index (κ3) is 32.5. The normalized spacial score (nSPS) is 11.1. The van der Waals surface area contributed by atoms with Crippen LogP contribution in [0.2, 0.25) is 0 Å². The van der Waals surface area contributed by atoms with Gasteiger partial charge in [-0.3, -0.25) is 9.36 Å². The standard InChI is InChI=1S/C6H11O3P.C6H10O.HO3P.H2/c1-5(2)4-6(3)10(7,8)9;1-5(2)4-6(3)7;1-4(2)3;/h4H,1H2,2-3H3,(H2,7,8,9);4H,1-3H3;(H,1,2,3);1H/b6-4-;;;. The SMILES string of the molecule is C=C(C)/C=C(/C)P(=O)(O)O.CC(=O)C=C(C)C.O=[P+]([O-])O.[HH]. The molecule has 0 aromatic rings. The predicted octanol–water partition coefficient (Wildman–Crippen LogP) is 2.43. The first-order valence-corrected chi connectivity index (χ1v) is 8.33. The number of carbonyl (C=O) groups is 1. The van der Waals surface area contributed by atoms with Gasteiger partial charge in [0, 0.05) is 6.74 Å². The molecule has 21 heavy (non-hydrogen) atoms. The van der Waals surface area contributed by atoms with Crippen LogP contribution in [0.5, 0.6) is 0 Å². The zero-order chi connectivity index (χ0) is 17.8. The number of hydrogen-bond donors (Lipinski definition) is 3. The van der Waals surface area contributed by atoms with Crippen LogP contribution in [-0.2, 0) is 13.9 Å². The van der Waals surface area contributed by atoms with Gasteiger partial charge in [-0.1, -0.05) is 17.7 Å². The van der Waals surface area contributed by atoms with E-state index in [1.165, 1.54) is 13.0 Å². The van der Waals surface area contributed by atoms with Gasteiger partial charge in [0.2, 0.25) is 0 Å². The summed E-state index contributed by atoms with van der Waals surface area (Å²) in [7, 11) is -7.13. The van der Waals surface area contributed by atoms with Gasteiger partial charge >= 0.3 is 15.9 Å². The lowest BCUT2D eigenvalue weighted by Gasteiger charge is -2.01. The number of carbonyl (C=O) groups excluding carboxylic acids is 1. The predicted molar refractivity (Wildman–Crippen MR) is 82.7 cm³/mol. The Bertz CT molecular complexity index is 470. The molecule has 0 aliphatic carbocycles. The van der Waals surface area contributed by atoms with Crippen LogP contribution in [-0.4, -0.2) is 20.5 Å². The summed E-state index contributed by atoms with van der Waals surface area (Å²) in [5.41, 5.74) is 1.70. The van der Waals surface area contributed by atoms with Gasteiger partial charge in [-0.15, -0.1) is 0 Å². The second-order valence-corrected chi connectivity index (χ2v) is 6.52. The van der Waals surface area contributed by atoms with E-state index in [2.05, 4.69) is 6.58 Å². The van der Waals surface area contributed by atoms with Crippen LogP contribution in [0.1, 0.15) is 36.0 Å². The zero-order valence-corrected chi connectivity index (χ0v) is 14.5. The Morgan fingerprint density at radius 2 is 1.52 bits per heavy atom. The molecule has 0 aromatic heterocycles. The number of ketones is 1. The summed E-state index contributed by atoms with van der Waals surface area (Å²) in [5.74, 6) is 0.125. The molecule has 0 spiro atoms. The number of rotatable bonds is 3. The first-order valence-electron chi connectivity index (χ1n) is 5.58. The van der Waals surface area contributed by atoms with Crippen molar-refractivity contribution in [3.8, 4) is 0 Å². The van der Waals surface area contributed by atoms with E-state index in [0.717, 1.165) is 5.57 Å². The quantitative estimate of drug-likeness (QED) is 0.407. The van der Waals surface area contributed by atoms with Gasteiger partial charge < -0.3 is 14.7 Å². The molecule has 3 N–H and O–H groups in total. The third-order valence-electron chi connectivity index (χ3n) is 1.41. The van der Waals surface area contributed by atoms with Crippen molar-refractivity contribution in [2.75, 3.05) is 0 Å². The summed E-state index contributed by atoms with van der Waals surface area (Å²) in [6.45, 7) is 11.9. The molecular formula is C12H24O7P2. The summed E-state index contributed by atoms with van der Waals surface area (Å²) in [6, 6.07) is 0. The molecule has 7 nitrogen and oxygen atoms in total. The fraction of sp³-hybridized carbons (Fsp3) is 0.417. The van der Waals surface area contributed by atoms with Crippen molar-refractivity contribution in [1.29, 1.82) is 0 Å². The largest absolute Gasteiger partial charge is 0.567 e. The summed E-state index contributed by atoms with van der Waals surface area (Å²) < 4.78 is 19.0. The van der Waals surface area contributed by atoms with Crippen molar-refractivity contribution in [2.24, 2.45) is 0 Å². The van der Waals surface area contributed by atoms with Crippen molar-refractivity contribution in [3.63, 3.8) is 0 Å². The first kappa shape index (κ1) is 25.0. The summed E-state index contributed by atoms with van der Waals surface area (Å²) in [6.07, 6.45) is 2.99. The molecule has 0 radical (unpaired) electrons. The van der Waals surface area contributed by atoms with Gasteiger partial charge in [-0.05, 0) is 51.3 Å². The molecule has 9 heteroatoms. The highest BCUT2D eigenvalue weighted by atomic mass is 31.2. The van der Waals surface area contributed by atoms with Gasteiger partial charge in [0.15, 0.2) is 5.78 Å². The zero-order valence-electron chi connectivity index (χ0n) is 12.7. The lowest BCUT2D eigenvalue weighted by molar-refractivity contribution is -0.180. The summed E-state index contributed by atoms with van der Waals surface area (Å²) in [4.78, 5) is 42.9. The van der Waals surface area contributed by atoms with Crippen LogP contribution < -0.4 is 4.89 Å². The van der Waals surface area contributed by atoms with E-state index in [1.54, 1.807) is 19.9 Å². The molecule has 0 rings (SSSR count). The van der Waals surface area contributed by atoms with Crippen molar-refractivity contribution < 1.29 is 34.9 Å². The van der Waals surface area contributed by atoms with Crippen LogP contribution in [0.25, 0.3) is 0 Å². The molecule has 0 amide bonds. The van der Waals surface area contributed by atoms with Gasteiger partial charge in [-0.2, -0.15) is 4.89 Å². The van der Waals surface area contributed by atoms with Crippen LogP contribution in [0.3, 0.4) is 0 Å². The van der Waals surface area contributed by atoms with Crippen molar-refractivity contribution in [2.45, 2.75) is 34.6 Å². The minimum absolute atomic E-state index is 0. The van der Waals surface area contributed by atoms with Crippen molar-refractivity contribution in [3.05, 3.63) is 35.2 Å². The van der Waals surface area contributed by atoms with E-state index in [0.29, 0.717) is 5.57 Å². The fourth-order valence-corrected chi connectivity index (χ4v) is 1.24. The lowest BCUT2D eigenvalue weighted by Crippen LogP contribution is -1.80. The second kappa shape index (κ2) is 12.8. The minimum Gasteiger partial charge on any atom is -0.567 e. The Morgan fingerprint density at radius 1 is 1.19 bits per heavy atom. The van der Waals surface area contributed by atoms with E-state index in [4.69, 9.17) is 24.1 Å². The van der Waals surface area contributed by atoms with Gasteiger partial charge in [-0.25, -0.2) is 0 Å². The van der Waals surface area contributed by atoms with Crippen LogP contribution in [0, 0.1) is 0 Å². The Balaban J connectivity index is -0.000000118. The van der Waals surface area contributed by atoms with E-state index >= 15 is 0 Å². The van der Waals surface area contributed by atoms with E-state index in [-0.39, 0.29) is 12.5 Å². The van der Waals surface area contributed by atoms with E-state index < -0.39 is 15.9 Å². The summed E-state index contributed by atoms with van der Waals surface area (Å²) >= 11 is 0. The Morgan fingerprint density at radius 3 is 1.57 bits per heavy atom. The Labute approximate surface area is 127 Å².